The van der Waals surface area contributed by atoms with Gasteiger partial charge in [0.1, 0.15) is 17.0 Å². The number of nitrogens with one attached hydrogen (secondary N) is 1. The lowest BCUT2D eigenvalue weighted by atomic mass is 10.2. The number of benzene rings is 1. The fourth-order valence-electron chi connectivity index (χ4n) is 1.63. The van der Waals surface area contributed by atoms with Crippen molar-refractivity contribution in [1.82, 2.24) is 5.32 Å². The number of amides is 1. The van der Waals surface area contributed by atoms with E-state index in [9.17, 15) is 4.79 Å². The molecule has 19 heavy (non-hydrogen) atoms. The Bertz CT molecular complexity index is 580. The van der Waals surface area contributed by atoms with Gasteiger partial charge in [0.05, 0.1) is 4.24 Å². The zero-order valence-corrected chi connectivity index (χ0v) is 13.4. The predicted molar refractivity (Wildman–Crippen MR) is 83.4 cm³/mol. The molecule has 0 bridgehead atoms. The summed E-state index contributed by atoms with van der Waals surface area (Å²) in [4.78, 5) is 11.9. The van der Waals surface area contributed by atoms with Crippen molar-refractivity contribution in [2.45, 2.75) is 12.3 Å². The number of nitrogens with zero attached hydrogens (tertiary/aromatic N) is 1. The summed E-state index contributed by atoms with van der Waals surface area (Å²) in [5.74, 6) is 0.550. The van der Waals surface area contributed by atoms with Crippen LogP contribution in [-0.4, -0.2) is 11.7 Å². The smallest absolute Gasteiger partial charge is 0.264 e. The maximum absolute atomic E-state index is 11.9. The highest BCUT2D eigenvalue weighted by molar-refractivity contribution is 9.10. The molecule has 0 radical (unpaired) electrons. The SMILES string of the molecule is CCSC1=C(C#N)C(=O)N[C@@H](c2cccc(Br)c2)S1. The molecule has 1 N–H and O–H groups in total. The second kappa shape index (κ2) is 6.51. The van der Waals surface area contributed by atoms with Crippen molar-refractivity contribution in [2.24, 2.45) is 0 Å². The Morgan fingerprint density at radius 2 is 2.37 bits per heavy atom. The van der Waals surface area contributed by atoms with Gasteiger partial charge in [-0.15, -0.1) is 11.8 Å². The fourth-order valence-corrected chi connectivity index (χ4v) is 4.43. The number of hydrogen-bond donors (Lipinski definition) is 1. The molecule has 6 heteroatoms. The van der Waals surface area contributed by atoms with E-state index in [1.54, 1.807) is 0 Å². The van der Waals surface area contributed by atoms with Crippen LogP contribution < -0.4 is 5.32 Å². The Kier molecular flexibility index (Phi) is 4.97. The Balaban J connectivity index is 2.31. The molecule has 0 fully saturated rings. The maximum atomic E-state index is 11.9. The quantitative estimate of drug-likeness (QED) is 0.896. The molecule has 1 heterocycles. The van der Waals surface area contributed by atoms with Gasteiger partial charge in [0.25, 0.3) is 5.91 Å². The minimum atomic E-state index is -0.290. The van der Waals surface area contributed by atoms with Gasteiger partial charge in [0.2, 0.25) is 0 Å². The van der Waals surface area contributed by atoms with Gasteiger partial charge in [-0.1, -0.05) is 46.7 Å². The van der Waals surface area contributed by atoms with Crippen LogP contribution in [0.5, 0.6) is 0 Å². The summed E-state index contributed by atoms with van der Waals surface area (Å²) >= 11 is 6.48. The molecule has 1 atom stereocenters. The summed E-state index contributed by atoms with van der Waals surface area (Å²) in [5.41, 5.74) is 1.24. The molecule has 1 aromatic rings. The van der Waals surface area contributed by atoms with Gasteiger partial charge in [-0.25, -0.2) is 0 Å². The van der Waals surface area contributed by atoms with Gasteiger partial charge in [0.15, 0.2) is 0 Å². The average Bonchev–Trinajstić information content (AvgIpc) is 2.39. The number of hydrogen-bond acceptors (Lipinski definition) is 4. The van der Waals surface area contributed by atoms with Crippen molar-refractivity contribution >= 4 is 45.4 Å². The number of halogens is 1. The van der Waals surface area contributed by atoms with E-state index < -0.39 is 0 Å². The van der Waals surface area contributed by atoms with Crippen molar-refractivity contribution in [3.63, 3.8) is 0 Å². The Morgan fingerprint density at radius 3 is 3.00 bits per heavy atom. The first-order valence-corrected chi connectivity index (χ1v) is 8.31. The Hall–Kier alpha value is -0.900. The van der Waals surface area contributed by atoms with Crippen LogP contribution in [0.3, 0.4) is 0 Å². The first-order valence-electron chi connectivity index (χ1n) is 5.66. The monoisotopic (exact) mass is 354 g/mol. The standard InChI is InChI=1S/C13H11BrN2OS2/c1-2-18-13-10(7-15)11(17)16-12(19-13)8-4-3-5-9(14)6-8/h3-6,12H,2H2,1H3,(H,16,17)/t12-/m1/s1. The molecule has 2 rings (SSSR count). The molecule has 1 aliphatic heterocycles. The molecule has 1 amide bonds. The number of rotatable bonds is 3. The van der Waals surface area contributed by atoms with E-state index in [0.717, 1.165) is 20.0 Å². The summed E-state index contributed by atoms with van der Waals surface area (Å²) in [7, 11) is 0. The lowest BCUT2D eigenvalue weighted by Crippen LogP contribution is -2.31. The van der Waals surface area contributed by atoms with E-state index in [4.69, 9.17) is 5.26 Å². The van der Waals surface area contributed by atoms with E-state index in [-0.39, 0.29) is 16.9 Å². The van der Waals surface area contributed by atoms with Crippen molar-refractivity contribution < 1.29 is 4.79 Å². The summed E-state index contributed by atoms with van der Waals surface area (Å²) in [6, 6.07) is 9.81. The topological polar surface area (TPSA) is 52.9 Å². The third kappa shape index (κ3) is 3.35. The van der Waals surface area contributed by atoms with Crippen LogP contribution in [0.2, 0.25) is 0 Å². The van der Waals surface area contributed by atoms with Crippen molar-refractivity contribution in [2.75, 3.05) is 5.75 Å². The maximum Gasteiger partial charge on any atom is 0.264 e. The minimum absolute atomic E-state index is 0.142. The summed E-state index contributed by atoms with van der Waals surface area (Å²) in [6.45, 7) is 2.01. The van der Waals surface area contributed by atoms with Gasteiger partial charge < -0.3 is 5.32 Å². The molecular formula is C13H11BrN2OS2. The van der Waals surface area contributed by atoms with Crippen LogP contribution in [0.4, 0.5) is 0 Å². The summed E-state index contributed by atoms with van der Waals surface area (Å²) in [6.07, 6.45) is 0. The molecule has 0 unspecified atom stereocenters. The van der Waals surface area contributed by atoms with Gasteiger partial charge >= 0.3 is 0 Å². The zero-order valence-electron chi connectivity index (χ0n) is 10.1. The fraction of sp³-hybridized carbons (Fsp3) is 0.231. The van der Waals surface area contributed by atoms with Gasteiger partial charge in [-0.2, -0.15) is 5.26 Å². The minimum Gasteiger partial charge on any atom is -0.335 e. The van der Waals surface area contributed by atoms with Crippen LogP contribution in [0.25, 0.3) is 0 Å². The van der Waals surface area contributed by atoms with Crippen LogP contribution in [-0.2, 0) is 4.79 Å². The molecule has 98 valence electrons. The summed E-state index contributed by atoms with van der Waals surface area (Å²) in [5, 5.41) is 11.8. The number of thioether (sulfide) groups is 2. The molecule has 0 saturated carbocycles. The molecule has 0 spiro atoms. The number of nitriles is 1. The third-order valence-corrected chi connectivity index (χ3v) is 5.39. The van der Waals surface area contributed by atoms with Gasteiger partial charge in [-0.05, 0) is 23.4 Å². The van der Waals surface area contributed by atoms with Crippen molar-refractivity contribution in [3.8, 4) is 6.07 Å². The van der Waals surface area contributed by atoms with Crippen LogP contribution >= 0.6 is 39.5 Å². The van der Waals surface area contributed by atoms with E-state index in [1.165, 1.54) is 23.5 Å². The zero-order chi connectivity index (χ0) is 13.8. The van der Waals surface area contributed by atoms with Gasteiger partial charge in [-0.3, -0.25) is 4.79 Å². The van der Waals surface area contributed by atoms with Crippen molar-refractivity contribution in [3.05, 3.63) is 44.1 Å². The Morgan fingerprint density at radius 1 is 1.58 bits per heavy atom. The lowest BCUT2D eigenvalue weighted by molar-refractivity contribution is -0.117. The lowest BCUT2D eigenvalue weighted by Gasteiger charge is -2.25. The first kappa shape index (κ1) is 14.5. The van der Waals surface area contributed by atoms with Crippen molar-refractivity contribution in [1.29, 1.82) is 5.26 Å². The molecule has 0 aliphatic carbocycles. The van der Waals surface area contributed by atoms with Crippen LogP contribution in [0.15, 0.2) is 38.5 Å². The first-order chi connectivity index (χ1) is 9.15. The van der Waals surface area contributed by atoms with E-state index in [0.29, 0.717) is 0 Å². The highest BCUT2D eigenvalue weighted by atomic mass is 79.9. The molecule has 0 aromatic heterocycles. The molecule has 0 saturated heterocycles. The number of carbonyl (C=O) groups is 1. The number of carbonyl (C=O) groups excluding carboxylic acids is 1. The van der Waals surface area contributed by atoms with Gasteiger partial charge in [0, 0.05) is 4.47 Å². The Labute approximate surface area is 129 Å². The van der Waals surface area contributed by atoms with Crippen LogP contribution in [0, 0.1) is 11.3 Å². The predicted octanol–water partition coefficient (Wildman–Crippen LogP) is 3.80. The van der Waals surface area contributed by atoms with Crippen LogP contribution in [0.1, 0.15) is 17.9 Å². The van der Waals surface area contributed by atoms with E-state index in [1.807, 2.05) is 37.3 Å². The second-order valence-electron chi connectivity index (χ2n) is 3.73. The second-order valence-corrected chi connectivity index (χ2v) is 7.30. The molecule has 3 nitrogen and oxygen atoms in total. The molecule has 1 aromatic carbocycles. The normalized spacial score (nSPS) is 19.0. The summed E-state index contributed by atoms with van der Waals surface area (Å²) < 4.78 is 1.78. The highest BCUT2D eigenvalue weighted by Crippen LogP contribution is 2.43. The van der Waals surface area contributed by atoms with E-state index >= 15 is 0 Å². The molecule has 1 aliphatic rings. The third-order valence-electron chi connectivity index (χ3n) is 2.46. The average molecular weight is 355 g/mol. The highest BCUT2D eigenvalue weighted by Gasteiger charge is 2.28. The van der Waals surface area contributed by atoms with E-state index in [2.05, 4.69) is 21.2 Å². The molecular weight excluding hydrogens is 344 g/mol. The largest absolute Gasteiger partial charge is 0.335 e.